The Kier molecular flexibility index (Phi) is 19.5. The number of phenols is 1. The van der Waals surface area contributed by atoms with Gasteiger partial charge in [-0.05, 0) is 101 Å². The van der Waals surface area contributed by atoms with Crippen LogP contribution in [-0.2, 0) is 49.8 Å². The topological polar surface area (TPSA) is 152 Å². The number of hydrogen-bond donors (Lipinski definition) is 4. The van der Waals surface area contributed by atoms with Crippen LogP contribution in [0.2, 0.25) is 5.02 Å². The minimum absolute atomic E-state index is 0. The van der Waals surface area contributed by atoms with E-state index in [0.717, 1.165) is 0 Å². The fourth-order valence-electron chi connectivity index (χ4n) is 4.64. The Labute approximate surface area is 350 Å². The van der Waals surface area contributed by atoms with Gasteiger partial charge < -0.3 is 35.3 Å². The summed E-state index contributed by atoms with van der Waals surface area (Å²) >= 11 is 6.02. The number of ether oxygens (including phenoxy) is 3. The molecule has 0 saturated heterocycles. The van der Waals surface area contributed by atoms with Crippen molar-refractivity contribution < 1.29 is 83.2 Å². The van der Waals surface area contributed by atoms with Crippen molar-refractivity contribution in [2.24, 2.45) is 0 Å². The minimum Gasteiger partial charge on any atom is -0.0312 e. The first-order valence-corrected chi connectivity index (χ1v) is 19.3. The second-order valence-electron chi connectivity index (χ2n) is 12.9. The van der Waals surface area contributed by atoms with E-state index in [9.17, 15) is 49.5 Å². The normalized spacial score (nSPS) is 15.0. The summed E-state index contributed by atoms with van der Waals surface area (Å²) in [6, 6.07) is 15.6. The number of halogens is 7. The van der Waals surface area contributed by atoms with E-state index in [0.29, 0.717) is 16.1 Å². The molecular weight excluding hydrogens is 908 g/mol. The standard InChI is InChI=1S/C33H38ClN3O8.C5H5.F6P.Ru/c1-6-44-31(41)28(22-14-17-26(43-5)25(38)19-22)37-30(40)27(21-10-8-7-9-11-21)36-29(39)24(35-32(42)45-33(2,3)4)18-20-12-15-23(34)16-13-20;1-2-4-5-3-1;1-7(2,3,4,5)6;/h7-17,19,24,27-28,38H,6,18H2,1-5H3,(H,35,42)(H,36,39)(H,37,40);1-5H;;/q;;-1;+2/t24-,27+,28-;;;/m1.../s1. The summed E-state index contributed by atoms with van der Waals surface area (Å²) in [6.45, 7) is 6.74. The smallest absolute Gasteiger partial charge is 0.0312 e. The third-order valence-corrected chi connectivity index (χ3v) is 7.19. The maximum atomic E-state index is 13.9. The Balaban J connectivity index is 0.00000111. The van der Waals surface area contributed by atoms with Crippen LogP contribution in [0, 0.1) is 32.1 Å². The molecule has 0 bridgehead atoms. The molecule has 0 heterocycles. The van der Waals surface area contributed by atoms with Crippen molar-refractivity contribution in [3.8, 4) is 11.5 Å². The summed E-state index contributed by atoms with van der Waals surface area (Å²) in [6.07, 6.45) is 9.24. The van der Waals surface area contributed by atoms with Gasteiger partial charge in [0.15, 0.2) is 17.5 Å². The van der Waals surface area contributed by atoms with Crippen LogP contribution >= 0.6 is 19.4 Å². The molecule has 0 aliphatic heterocycles. The van der Waals surface area contributed by atoms with Gasteiger partial charge in [0, 0.05) is 11.4 Å². The molecule has 0 unspecified atom stereocenters. The van der Waals surface area contributed by atoms with E-state index in [1.807, 2.05) is 32.1 Å². The van der Waals surface area contributed by atoms with Crippen molar-refractivity contribution in [2.45, 2.75) is 57.8 Å². The van der Waals surface area contributed by atoms with Crippen molar-refractivity contribution in [1.29, 1.82) is 0 Å². The predicted octanol–water partition coefficient (Wildman–Crippen LogP) is 9.17. The van der Waals surface area contributed by atoms with Crippen LogP contribution in [0.25, 0.3) is 0 Å². The third kappa shape index (κ3) is 22.1. The largest absolute Gasteiger partial charge is 2.00 e. The van der Waals surface area contributed by atoms with Crippen molar-refractivity contribution in [1.82, 2.24) is 16.0 Å². The molecule has 319 valence electrons. The van der Waals surface area contributed by atoms with Crippen LogP contribution in [0.3, 0.4) is 0 Å². The first kappa shape index (κ1) is 51.9. The average molecular weight is 951 g/mol. The molecule has 3 aromatic rings. The Bertz CT molecular complexity index is 1780. The van der Waals surface area contributed by atoms with Gasteiger partial charge >= 0.3 is 64.5 Å². The van der Waals surface area contributed by atoms with Crippen molar-refractivity contribution in [3.05, 3.63) is 127 Å². The number of phenolic OH excluding ortho intramolecular Hbond substituents is 1. The third-order valence-electron chi connectivity index (χ3n) is 6.94. The van der Waals surface area contributed by atoms with Crippen LogP contribution in [0.5, 0.6) is 11.5 Å². The maximum Gasteiger partial charge on any atom is 2.00 e. The van der Waals surface area contributed by atoms with E-state index in [2.05, 4.69) is 16.0 Å². The number of nitrogens with one attached hydrogen (secondary N) is 3. The summed E-state index contributed by atoms with van der Waals surface area (Å²) in [4.78, 5) is 53.4. The number of methoxy groups -OCH3 is 1. The molecule has 1 saturated carbocycles. The van der Waals surface area contributed by atoms with Crippen molar-refractivity contribution in [3.63, 3.8) is 0 Å². The number of benzene rings is 3. The van der Waals surface area contributed by atoms with Gasteiger partial charge in [0.1, 0.15) is 17.7 Å². The van der Waals surface area contributed by atoms with Crippen LogP contribution in [0.15, 0.2) is 72.8 Å². The summed E-state index contributed by atoms with van der Waals surface area (Å²) in [5.74, 6) is -2.28. The number of hydrogen-bond acceptors (Lipinski definition) is 8. The molecule has 3 amide bonds. The predicted molar refractivity (Wildman–Crippen MR) is 203 cm³/mol. The zero-order valence-electron chi connectivity index (χ0n) is 31.7. The molecule has 1 aliphatic carbocycles. The Morgan fingerprint density at radius 1 is 0.759 bits per heavy atom. The average Bonchev–Trinajstić information content (AvgIpc) is 3.69. The molecule has 4 rings (SSSR count). The number of esters is 1. The molecule has 3 atom stereocenters. The molecule has 11 nitrogen and oxygen atoms in total. The Morgan fingerprint density at radius 3 is 1.74 bits per heavy atom. The number of rotatable bonds is 12. The van der Waals surface area contributed by atoms with E-state index in [1.54, 1.807) is 82.3 Å². The number of amides is 3. The van der Waals surface area contributed by atoms with Gasteiger partial charge in [-0.2, -0.15) is 0 Å². The SMILES string of the molecule is CCOC(=O)[C@H](NC(=O)[C@@H](NC(=O)[C@@H](Cc1ccc(Cl)cc1)NC(=O)OC(C)(C)C)c1ccccc1)c1ccc(OC)c(O)c1.F[P-](F)(F)(F)(F)F.[CH]1[CH][CH][CH][CH]1.[Ru+2]. The second kappa shape index (κ2) is 21.7. The van der Waals surface area contributed by atoms with E-state index in [1.165, 1.54) is 25.3 Å². The summed E-state index contributed by atoms with van der Waals surface area (Å²) in [7, 11) is -9.28. The van der Waals surface area contributed by atoms with E-state index >= 15 is 0 Å². The maximum absolute atomic E-state index is 13.9. The van der Waals surface area contributed by atoms with Crippen LogP contribution in [-0.4, -0.2) is 54.3 Å². The van der Waals surface area contributed by atoms with E-state index < -0.39 is 55.4 Å². The quantitative estimate of drug-likeness (QED) is 0.0608. The van der Waals surface area contributed by atoms with Crippen molar-refractivity contribution >= 4 is 43.3 Å². The van der Waals surface area contributed by atoms with Gasteiger partial charge in [-0.1, -0.05) is 60.1 Å². The molecule has 1 aliphatic rings. The van der Waals surface area contributed by atoms with Crippen LogP contribution in [0.4, 0.5) is 30.0 Å². The van der Waals surface area contributed by atoms with Gasteiger partial charge in [-0.15, -0.1) is 0 Å². The van der Waals surface area contributed by atoms with E-state index in [4.69, 9.17) is 25.8 Å². The minimum atomic E-state index is -10.7. The van der Waals surface area contributed by atoms with E-state index in [-0.39, 0.29) is 49.6 Å². The number of carbonyl (C=O) groups is 4. The molecule has 58 heavy (non-hydrogen) atoms. The zero-order chi connectivity index (χ0) is 43.1. The first-order valence-electron chi connectivity index (χ1n) is 16.9. The van der Waals surface area contributed by atoms with Gasteiger partial charge in [-0.25, -0.2) is 9.59 Å². The Morgan fingerprint density at radius 2 is 1.28 bits per heavy atom. The summed E-state index contributed by atoms with van der Waals surface area (Å²) < 4.78 is 74.9. The monoisotopic (exact) mass is 951 g/mol. The Hall–Kier alpha value is -4.14. The molecule has 0 aromatic heterocycles. The van der Waals surface area contributed by atoms with Gasteiger partial charge in [-0.3, -0.25) is 9.59 Å². The molecule has 0 spiro atoms. The first-order chi connectivity index (χ1) is 26.3. The molecule has 20 heteroatoms. The zero-order valence-corrected chi connectivity index (χ0v) is 35.1. The molecule has 1 fully saturated rings. The summed E-state index contributed by atoms with van der Waals surface area (Å²) in [5.41, 5.74) is 0.505. The number of alkyl carbamates (subject to hydrolysis) is 1. The molecule has 4 N–H and O–H groups in total. The number of aromatic hydroxyl groups is 1. The van der Waals surface area contributed by atoms with Crippen LogP contribution in [0.1, 0.15) is 56.5 Å². The van der Waals surface area contributed by atoms with Crippen LogP contribution < -0.4 is 20.7 Å². The fraction of sp³-hybridized carbons (Fsp3) is 0.289. The van der Waals surface area contributed by atoms with Crippen molar-refractivity contribution in [2.75, 3.05) is 13.7 Å². The molecule has 5 radical (unpaired) electrons. The fourth-order valence-corrected chi connectivity index (χ4v) is 4.77. The molecular formula is C38H43ClF6N3O8PRu+. The summed E-state index contributed by atoms with van der Waals surface area (Å²) in [5, 5.41) is 18.8. The number of carbonyl (C=O) groups excluding carboxylic acids is 4. The van der Waals surface area contributed by atoms with Gasteiger partial charge in [0.05, 0.1) is 13.7 Å². The second-order valence-corrected chi connectivity index (χ2v) is 15.3. The van der Waals surface area contributed by atoms with Gasteiger partial charge in [0.2, 0.25) is 11.8 Å². The molecule has 3 aromatic carbocycles. The van der Waals surface area contributed by atoms with Gasteiger partial charge in [0.25, 0.3) is 0 Å².